The summed E-state index contributed by atoms with van der Waals surface area (Å²) in [7, 11) is 0. The summed E-state index contributed by atoms with van der Waals surface area (Å²) in [6.07, 6.45) is 8.01. The van der Waals surface area contributed by atoms with Gasteiger partial charge in [0.15, 0.2) is 17.1 Å². The van der Waals surface area contributed by atoms with E-state index in [2.05, 4.69) is 9.97 Å². The molecule has 2 N–H and O–H groups in total. The first kappa shape index (κ1) is 10.7. The van der Waals surface area contributed by atoms with Gasteiger partial charge in [0.2, 0.25) is 0 Å². The Bertz CT molecular complexity index is 514. The number of fused-ring (bicyclic) bond motifs is 1. The number of oxazole rings is 1. The summed E-state index contributed by atoms with van der Waals surface area (Å²) in [6, 6.07) is 1.90. The summed E-state index contributed by atoms with van der Waals surface area (Å²) < 4.78 is 5.88. The van der Waals surface area contributed by atoms with Crippen LogP contribution in [0.15, 0.2) is 16.7 Å². The zero-order chi connectivity index (χ0) is 11.7. The van der Waals surface area contributed by atoms with Crippen molar-refractivity contribution in [2.75, 3.05) is 0 Å². The van der Waals surface area contributed by atoms with Gasteiger partial charge in [-0.25, -0.2) is 4.98 Å². The maximum Gasteiger partial charge on any atom is 0.200 e. The van der Waals surface area contributed by atoms with Crippen LogP contribution >= 0.6 is 0 Å². The highest BCUT2D eigenvalue weighted by atomic mass is 16.3. The molecule has 0 aromatic carbocycles. The molecule has 0 bridgehead atoms. The molecule has 1 aliphatic carbocycles. The van der Waals surface area contributed by atoms with Crippen LogP contribution in [0, 0.1) is 0 Å². The highest BCUT2D eigenvalue weighted by Gasteiger charge is 2.21. The molecule has 3 rings (SSSR count). The molecule has 0 atom stereocenters. The van der Waals surface area contributed by atoms with E-state index in [-0.39, 0.29) is 0 Å². The molecule has 4 heteroatoms. The first-order chi connectivity index (χ1) is 8.38. The molecule has 90 valence electrons. The van der Waals surface area contributed by atoms with Crippen LogP contribution < -0.4 is 5.73 Å². The number of hydrogen-bond donors (Lipinski definition) is 1. The van der Waals surface area contributed by atoms with Gasteiger partial charge >= 0.3 is 0 Å². The molecule has 0 aliphatic heterocycles. The second kappa shape index (κ2) is 4.45. The quantitative estimate of drug-likeness (QED) is 0.863. The van der Waals surface area contributed by atoms with Crippen molar-refractivity contribution in [1.82, 2.24) is 9.97 Å². The van der Waals surface area contributed by atoms with E-state index in [0.717, 1.165) is 17.0 Å². The lowest BCUT2D eigenvalue weighted by Gasteiger charge is -2.17. The zero-order valence-corrected chi connectivity index (χ0v) is 9.85. The van der Waals surface area contributed by atoms with Crippen LogP contribution in [0.4, 0.5) is 0 Å². The van der Waals surface area contributed by atoms with E-state index in [0.29, 0.717) is 18.1 Å². The van der Waals surface area contributed by atoms with Crippen molar-refractivity contribution in [3.05, 3.63) is 23.7 Å². The van der Waals surface area contributed by atoms with E-state index in [1.807, 2.05) is 6.07 Å². The highest BCUT2D eigenvalue weighted by Crippen LogP contribution is 2.33. The predicted molar refractivity (Wildman–Crippen MR) is 65.5 cm³/mol. The number of hydrogen-bond acceptors (Lipinski definition) is 4. The van der Waals surface area contributed by atoms with Crippen LogP contribution in [0.5, 0.6) is 0 Å². The molecule has 1 fully saturated rings. The Hall–Kier alpha value is -1.42. The topological polar surface area (TPSA) is 64.9 Å². The van der Waals surface area contributed by atoms with Crippen molar-refractivity contribution in [2.24, 2.45) is 5.73 Å². The number of rotatable bonds is 2. The minimum Gasteiger partial charge on any atom is -0.438 e. The Morgan fingerprint density at radius 2 is 2.12 bits per heavy atom. The van der Waals surface area contributed by atoms with Gasteiger partial charge in [-0.05, 0) is 18.9 Å². The lowest BCUT2D eigenvalue weighted by molar-refractivity contribution is 0.373. The van der Waals surface area contributed by atoms with Gasteiger partial charge in [0.1, 0.15) is 0 Å². The Morgan fingerprint density at radius 3 is 2.88 bits per heavy atom. The van der Waals surface area contributed by atoms with Crippen molar-refractivity contribution in [3.8, 4) is 0 Å². The van der Waals surface area contributed by atoms with Crippen LogP contribution in [-0.4, -0.2) is 9.97 Å². The van der Waals surface area contributed by atoms with Gasteiger partial charge < -0.3 is 10.2 Å². The first-order valence-electron chi connectivity index (χ1n) is 6.33. The Kier molecular flexibility index (Phi) is 2.81. The lowest BCUT2D eigenvalue weighted by Crippen LogP contribution is -2.04. The molecule has 0 spiro atoms. The normalized spacial score (nSPS) is 17.7. The average molecular weight is 231 g/mol. The molecule has 2 aromatic heterocycles. The van der Waals surface area contributed by atoms with Crippen molar-refractivity contribution >= 4 is 11.2 Å². The largest absolute Gasteiger partial charge is 0.438 e. The summed E-state index contributed by atoms with van der Waals surface area (Å²) in [5.41, 5.74) is 8.15. The molecule has 1 aliphatic rings. The van der Waals surface area contributed by atoms with Crippen LogP contribution in [-0.2, 0) is 6.54 Å². The molecule has 2 aromatic rings. The maximum atomic E-state index is 5.88. The second-order valence-corrected chi connectivity index (χ2v) is 4.71. The third-order valence-corrected chi connectivity index (χ3v) is 3.56. The molecule has 0 saturated heterocycles. The van der Waals surface area contributed by atoms with Gasteiger partial charge in [0, 0.05) is 24.2 Å². The van der Waals surface area contributed by atoms with Crippen LogP contribution in [0.2, 0.25) is 0 Å². The number of nitrogens with zero attached hydrogens (tertiary/aromatic N) is 2. The minimum absolute atomic E-state index is 0.471. The van der Waals surface area contributed by atoms with Gasteiger partial charge in [0.25, 0.3) is 0 Å². The summed E-state index contributed by atoms with van der Waals surface area (Å²) in [5.74, 6) is 1.33. The first-order valence-corrected chi connectivity index (χ1v) is 6.33. The number of nitrogens with two attached hydrogens (primary N) is 1. The van der Waals surface area contributed by atoms with E-state index < -0.39 is 0 Å². The van der Waals surface area contributed by atoms with Crippen molar-refractivity contribution in [3.63, 3.8) is 0 Å². The molecule has 17 heavy (non-hydrogen) atoms. The monoisotopic (exact) mass is 231 g/mol. The average Bonchev–Trinajstić information content (AvgIpc) is 2.83. The van der Waals surface area contributed by atoms with Crippen molar-refractivity contribution in [2.45, 2.75) is 44.6 Å². The van der Waals surface area contributed by atoms with E-state index in [1.165, 1.54) is 32.1 Å². The van der Waals surface area contributed by atoms with Crippen LogP contribution in [0.1, 0.15) is 49.5 Å². The Labute approximate surface area is 100 Å². The van der Waals surface area contributed by atoms with Crippen LogP contribution in [0.3, 0.4) is 0 Å². The van der Waals surface area contributed by atoms with E-state index >= 15 is 0 Å². The Morgan fingerprint density at radius 1 is 1.29 bits per heavy atom. The van der Waals surface area contributed by atoms with Gasteiger partial charge in [-0.1, -0.05) is 19.3 Å². The fourth-order valence-electron chi connectivity index (χ4n) is 2.58. The van der Waals surface area contributed by atoms with E-state index in [1.54, 1.807) is 6.20 Å². The molecule has 1 saturated carbocycles. The van der Waals surface area contributed by atoms with E-state index in [9.17, 15) is 0 Å². The van der Waals surface area contributed by atoms with Gasteiger partial charge in [-0.3, -0.25) is 0 Å². The predicted octanol–water partition coefficient (Wildman–Crippen LogP) is 2.73. The molecular formula is C13H17N3O. The van der Waals surface area contributed by atoms with E-state index in [4.69, 9.17) is 10.2 Å². The molecule has 0 unspecified atom stereocenters. The number of aromatic nitrogens is 2. The van der Waals surface area contributed by atoms with Crippen LogP contribution in [0.25, 0.3) is 11.2 Å². The SMILES string of the molecule is NCc1ccnc2nc(C3CCCCC3)oc12. The van der Waals surface area contributed by atoms with Crippen molar-refractivity contribution < 1.29 is 4.42 Å². The lowest BCUT2D eigenvalue weighted by atomic mass is 9.89. The third-order valence-electron chi connectivity index (χ3n) is 3.56. The zero-order valence-electron chi connectivity index (χ0n) is 9.85. The molecule has 2 heterocycles. The smallest absolute Gasteiger partial charge is 0.200 e. The fourth-order valence-corrected chi connectivity index (χ4v) is 2.58. The molecule has 0 radical (unpaired) electrons. The summed E-state index contributed by atoms with van der Waals surface area (Å²) >= 11 is 0. The van der Waals surface area contributed by atoms with Gasteiger partial charge in [0.05, 0.1) is 0 Å². The summed E-state index contributed by atoms with van der Waals surface area (Å²) in [5, 5.41) is 0. The Balaban J connectivity index is 2.00. The second-order valence-electron chi connectivity index (χ2n) is 4.71. The molecule has 4 nitrogen and oxygen atoms in total. The molecular weight excluding hydrogens is 214 g/mol. The molecule has 0 amide bonds. The fraction of sp³-hybridized carbons (Fsp3) is 0.538. The summed E-state index contributed by atoms with van der Waals surface area (Å²) in [6.45, 7) is 0.471. The number of pyridine rings is 1. The minimum atomic E-state index is 0.471. The standard InChI is InChI=1S/C13H17N3O/c14-8-10-6-7-15-12-11(10)17-13(16-12)9-4-2-1-3-5-9/h6-7,9H,1-5,8,14H2. The highest BCUT2D eigenvalue weighted by molar-refractivity contribution is 5.71. The van der Waals surface area contributed by atoms with Gasteiger partial charge in [-0.15, -0.1) is 0 Å². The third kappa shape index (κ3) is 1.93. The maximum absolute atomic E-state index is 5.88. The van der Waals surface area contributed by atoms with Gasteiger partial charge in [-0.2, -0.15) is 4.98 Å². The van der Waals surface area contributed by atoms with Crippen molar-refractivity contribution in [1.29, 1.82) is 0 Å². The summed E-state index contributed by atoms with van der Waals surface area (Å²) in [4.78, 5) is 8.76.